The van der Waals surface area contributed by atoms with Crippen molar-refractivity contribution in [1.82, 2.24) is 9.78 Å². The lowest BCUT2D eigenvalue weighted by molar-refractivity contribution is 0.102. The molecule has 1 amide bonds. The summed E-state index contributed by atoms with van der Waals surface area (Å²) in [6.07, 6.45) is 0. The minimum Gasteiger partial charge on any atom is -0.479 e. The number of amides is 1. The summed E-state index contributed by atoms with van der Waals surface area (Å²) in [6.45, 7) is 3.66. The zero-order valence-corrected chi connectivity index (χ0v) is 12.2. The summed E-state index contributed by atoms with van der Waals surface area (Å²) < 4.78 is 6.84. The summed E-state index contributed by atoms with van der Waals surface area (Å²) in [5.41, 5.74) is 2.76. The number of carbonyl (C=O) groups excluding carboxylic acids is 1. The molecular formula is C15H16N4O2. The Balaban J connectivity index is 2.11. The number of hydrogen-bond donors (Lipinski definition) is 1. The number of aryl methyl sites for hydroxylation is 2. The van der Waals surface area contributed by atoms with Crippen LogP contribution in [0.15, 0.2) is 24.3 Å². The summed E-state index contributed by atoms with van der Waals surface area (Å²) in [5, 5.41) is 15.5. The second-order valence-corrected chi connectivity index (χ2v) is 4.59. The van der Waals surface area contributed by atoms with Crippen LogP contribution in [0.3, 0.4) is 0 Å². The highest BCUT2D eigenvalue weighted by Gasteiger charge is 2.17. The fraction of sp³-hybridized carbons (Fsp3) is 0.267. The molecule has 0 aliphatic rings. The first kappa shape index (κ1) is 14.6. The minimum atomic E-state index is -0.191. The third-order valence-corrected chi connectivity index (χ3v) is 3.15. The molecule has 2 rings (SSSR count). The highest BCUT2D eigenvalue weighted by Crippen LogP contribution is 2.18. The van der Waals surface area contributed by atoms with Gasteiger partial charge in [-0.3, -0.25) is 9.48 Å². The van der Waals surface area contributed by atoms with Gasteiger partial charge in [0.15, 0.2) is 6.61 Å². The summed E-state index contributed by atoms with van der Waals surface area (Å²) in [5.74, 6) is 0.395. The molecule has 0 saturated carbocycles. The lowest BCUT2D eigenvalue weighted by Gasteiger charge is -2.07. The SMILES string of the molecule is Cc1nn(C)c(C)c1C(=O)Nc1ccc(OCC#N)cc1. The van der Waals surface area contributed by atoms with E-state index in [2.05, 4.69) is 10.4 Å². The first-order valence-corrected chi connectivity index (χ1v) is 6.44. The zero-order chi connectivity index (χ0) is 15.4. The topological polar surface area (TPSA) is 79.9 Å². The van der Waals surface area contributed by atoms with Gasteiger partial charge in [0.1, 0.15) is 11.8 Å². The third kappa shape index (κ3) is 3.20. The molecule has 1 N–H and O–H groups in total. The van der Waals surface area contributed by atoms with Gasteiger partial charge in [-0.25, -0.2) is 0 Å². The molecule has 0 aliphatic carbocycles. The summed E-state index contributed by atoms with van der Waals surface area (Å²) in [6, 6.07) is 8.76. The van der Waals surface area contributed by atoms with Crippen molar-refractivity contribution in [3.63, 3.8) is 0 Å². The first-order chi connectivity index (χ1) is 10.0. The molecule has 0 radical (unpaired) electrons. The lowest BCUT2D eigenvalue weighted by atomic mass is 10.2. The van der Waals surface area contributed by atoms with Gasteiger partial charge < -0.3 is 10.1 Å². The first-order valence-electron chi connectivity index (χ1n) is 6.44. The molecule has 2 aromatic rings. The molecular weight excluding hydrogens is 268 g/mol. The maximum Gasteiger partial charge on any atom is 0.259 e. The van der Waals surface area contributed by atoms with Crippen molar-refractivity contribution in [3.05, 3.63) is 41.2 Å². The quantitative estimate of drug-likeness (QED) is 0.933. The van der Waals surface area contributed by atoms with Crippen LogP contribution in [0.4, 0.5) is 5.69 Å². The van der Waals surface area contributed by atoms with E-state index < -0.39 is 0 Å². The Kier molecular flexibility index (Phi) is 4.24. The van der Waals surface area contributed by atoms with E-state index in [1.807, 2.05) is 13.0 Å². The summed E-state index contributed by atoms with van der Waals surface area (Å²) in [7, 11) is 1.81. The molecule has 0 bridgehead atoms. The standard InChI is InChI=1S/C15H16N4O2/c1-10-14(11(2)19(3)18-10)15(20)17-12-4-6-13(7-5-12)21-9-8-16/h4-7H,9H2,1-3H3,(H,17,20). The number of nitriles is 1. The van der Waals surface area contributed by atoms with E-state index in [4.69, 9.17) is 10.00 Å². The number of nitrogens with one attached hydrogen (secondary N) is 1. The zero-order valence-electron chi connectivity index (χ0n) is 12.2. The molecule has 0 spiro atoms. The largest absolute Gasteiger partial charge is 0.479 e. The van der Waals surface area contributed by atoms with Crippen LogP contribution in [-0.2, 0) is 7.05 Å². The van der Waals surface area contributed by atoms with Gasteiger partial charge >= 0.3 is 0 Å². The summed E-state index contributed by atoms with van der Waals surface area (Å²) in [4.78, 5) is 12.3. The van der Waals surface area contributed by atoms with Gasteiger partial charge in [0.25, 0.3) is 5.91 Å². The van der Waals surface area contributed by atoms with Crippen LogP contribution in [0.2, 0.25) is 0 Å². The van der Waals surface area contributed by atoms with Crippen molar-refractivity contribution in [1.29, 1.82) is 5.26 Å². The van der Waals surface area contributed by atoms with Crippen LogP contribution >= 0.6 is 0 Å². The van der Waals surface area contributed by atoms with E-state index in [0.717, 1.165) is 5.69 Å². The molecule has 0 aliphatic heterocycles. The Morgan fingerprint density at radius 2 is 2.05 bits per heavy atom. The monoisotopic (exact) mass is 284 g/mol. The Morgan fingerprint density at radius 1 is 1.38 bits per heavy atom. The molecule has 6 heteroatoms. The van der Waals surface area contributed by atoms with E-state index in [1.54, 1.807) is 42.9 Å². The number of ether oxygens (including phenoxy) is 1. The van der Waals surface area contributed by atoms with Crippen LogP contribution in [-0.4, -0.2) is 22.3 Å². The molecule has 0 atom stereocenters. The fourth-order valence-corrected chi connectivity index (χ4v) is 2.05. The molecule has 1 aromatic heterocycles. The van der Waals surface area contributed by atoms with Crippen LogP contribution < -0.4 is 10.1 Å². The Morgan fingerprint density at radius 3 is 2.57 bits per heavy atom. The van der Waals surface area contributed by atoms with Crippen LogP contribution in [0.25, 0.3) is 0 Å². The Labute approximate surface area is 123 Å². The second kappa shape index (κ2) is 6.09. The van der Waals surface area contributed by atoms with E-state index >= 15 is 0 Å². The van der Waals surface area contributed by atoms with Crippen molar-refractivity contribution in [2.45, 2.75) is 13.8 Å². The highest BCUT2D eigenvalue weighted by atomic mass is 16.5. The molecule has 0 saturated heterocycles. The van der Waals surface area contributed by atoms with Crippen LogP contribution in [0, 0.1) is 25.2 Å². The number of anilines is 1. The number of rotatable bonds is 4. The maximum absolute atomic E-state index is 12.3. The second-order valence-electron chi connectivity index (χ2n) is 4.59. The van der Waals surface area contributed by atoms with Gasteiger partial charge in [0.2, 0.25) is 0 Å². The van der Waals surface area contributed by atoms with Crippen LogP contribution in [0.1, 0.15) is 21.7 Å². The van der Waals surface area contributed by atoms with Crippen molar-refractivity contribution in [2.75, 3.05) is 11.9 Å². The third-order valence-electron chi connectivity index (χ3n) is 3.15. The van der Waals surface area contributed by atoms with Gasteiger partial charge in [0, 0.05) is 18.4 Å². The van der Waals surface area contributed by atoms with Crippen molar-refractivity contribution >= 4 is 11.6 Å². The van der Waals surface area contributed by atoms with Gasteiger partial charge in [-0.05, 0) is 38.1 Å². The number of hydrogen-bond acceptors (Lipinski definition) is 4. The molecule has 0 fully saturated rings. The predicted molar refractivity (Wildman–Crippen MR) is 78.2 cm³/mol. The smallest absolute Gasteiger partial charge is 0.259 e. The molecule has 6 nitrogen and oxygen atoms in total. The lowest BCUT2D eigenvalue weighted by Crippen LogP contribution is -2.14. The van der Waals surface area contributed by atoms with Gasteiger partial charge in [-0.15, -0.1) is 0 Å². The van der Waals surface area contributed by atoms with Gasteiger partial charge in [0.05, 0.1) is 11.3 Å². The minimum absolute atomic E-state index is 0.000218. The van der Waals surface area contributed by atoms with Crippen molar-refractivity contribution in [2.24, 2.45) is 7.05 Å². The van der Waals surface area contributed by atoms with Crippen LogP contribution in [0.5, 0.6) is 5.75 Å². The average molecular weight is 284 g/mol. The van der Waals surface area contributed by atoms with Crippen molar-refractivity contribution in [3.8, 4) is 11.8 Å². The van der Waals surface area contributed by atoms with Crippen molar-refractivity contribution < 1.29 is 9.53 Å². The maximum atomic E-state index is 12.3. The fourth-order valence-electron chi connectivity index (χ4n) is 2.05. The number of benzene rings is 1. The predicted octanol–water partition coefficient (Wildman–Crippen LogP) is 2.19. The molecule has 1 heterocycles. The normalized spacial score (nSPS) is 10.0. The Hall–Kier alpha value is -2.81. The average Bonchev–Trinajstić information content (AvgIpc) is 2.71. The highest BCUT2D eigenvalue weighted by molar-refractivity contribution is 6.05. The summed E-state index contributed by atoms with van der Waals surface area (Å²) >= 11 is 0. The van der Waals surface area contributed by atoms with Gasteiger partial charge in [-0.1, -0.05) is 0 Å². The number of carbonyl (C=O) groups is 1. The Bertz CT molecular complexity index is 696. The number of aromatic nitrogens is 2. The van der Waals surface area contributed by atoms with E-state index in [-0.39, 0.29) is 12.5 Å². The molecule has 1 aromatic carbocycles. The molecule has 21 heavy (non-hydrogen) atoms. The molecule has 108 valence electrons. The van der Waals surface area contributed by atoms with E-state index in [9.17, 15) is 4.79 Å². The van der Waals surface area contributed by atoms with Gasteiger partial charge in [-0.2, -0.15) is 10.4 Å². The number of nitrogens with zero attached hydrogens (tertiary/aromatic N) is 3. The van der Waals surface area contributed by atoms with E-state index in [1.165, 1.54) is 0 Å². The van der Waals surface area contributed by atoms with E-state index in [0.29, 0.717) is 22.7 Å². The molecule has 0 unspecified atom stereocenters.